The largest absolute Gasteiger partial charge is 0.497 e. The van der Waals surface area contributed by atoms with E-state index in [1.165, 1.54) is 4.90 Å². The Kier molecular flexibility index (Phi) is 10.6. The highest BCUT2D eigenvalue weighted by Gasteiger charge is 2.32. The molecule has 8 nitrogen and oxygen atoms in total. The number of rotatable bonds is 12. The lowest BCUT2D eigenvalue weighted by Crippen LogP contribution is -2.53. The van der Waals surface area contributed by atoms with E-state index in [0.29, 0.717) is 22.3 Å². The quantitative estimate of drug-likeness (QED) is 0.419. The Morgan fingerprint density at radius 3 is 2.34 bits per heavy atom. The number of carbonyl (C=O) groups excluding carboxylic acids is 2. The second kappa shape index (κ2) is 12.9. The Hall–Kier alpha value is -2.59. The Morgan fingerprint density at radius 2 is 1.77 bits per heavy atom. The molecule has 35 heavy (non-hydrogen) atoms. The highest BCUT2D eigenvalue weighted by molar-refractivity contribution is 9.10. The van der Waals surface area contributed by atoms with Crippen molar-refractivity contribution in [1.29, 1.82) is 0 Å². The van der Waals surface area contributed by atoms with Gasteiger partial charge < -0.3 is 15.0 Å². The summed E-state index contributed by atoms with van der Waals surface area (Å²) in [6.07, 6.45) is 2.17. The lowest BCUT2D eigenvalue weighted by Gasteiger charge is -2.33. The fourth-order valence-electron chi connectivity index (χ4n) is 3.57. The molecule has 0 unspecified atom stereocenters. The predicted molar refractivity (Wildman–Crippen MR) is 142 cm³/mol. The normalized spacial score (nSPS) is 13.0. The third-order valence-corrected chi connectivity index (χ3v) is 7.28. The minimum absolute atomic E-state index is 0.0560. The molecule has 0 fully saturated rings. The van der Waals surface area contributed by atoms with Gasteiger partial charge in [0.2, 0.25) is 21.8 Å². The molecule has 0 aliphatic carbocycles. The minimum Gasteiger partial charge on any atom is -0.497 e. The Bertz CT molecular complexity index is 1130. The van der Waals surface area contributed by atoms with E-state index in [-0.39, 0.29) is 18.5 Å². The van der Waals surface area contributed by atoms with Gasteiger partial charge in [-0.1, -0.05) is 48.0 Å². The third-order valence-electron chi connectivity index (χ3n) is 5.65. The minimum atomic E-state index is -3.78. The molecule has 0 aliphatic rings. The number of hydrogen-bond acceptors (Lipinski definition) is 5. The first-order chi connectivity index (χ1) is 16.5. The molecule has 10 heteroatoms. The van der Waals surface area contributed by atoms with Gasteiger partial charge in [0.05, 0.1) is 19.1 Å². The van der Waals surface area contributed by atoms with E-state index in [1.54, 1.807) is 49.6 Å². The molecule has 0 saturated heterocycles. The monoisotopic (exact) mass is 567 g/mol. The lowest BCUT2D eigenvalue weighted by atomic mass is 10.1. The van der Waals surface area contributed by atoms with Gasteiger partial charge >= 0.3 is 0 Å². The van der Waals surface area contributed by atoms with Crippen LogP contribution in [0, 0.1) is 0 Å². The number of anilines is 1. The van der Waals surface area contributed by atoms with E-state index in [9.17, 15) is 18.0 Å². The SMILES string of the molecule is CC[C@H](C(=O)N[C@@H](C)CC)N(Cc1cccc(OC)c1)C(=O)CN(c1cccc(Br)c1)S(C)(=O)=O. The number of nitrogens with one attached hydrogen (secondary N) is 1. The first-order valence-electron chi connectivity index (χ1n) is 11.5. The van der Waals surface area contributed by atoms with Gasteiger partial charge in [0, 0.05) is 17.1 Å². The summed E-state index contributed by atoms with van der Waals surface area (Å²) in [7, 11) is -2.22. The van der Waals surface area contributed by atoms with Crippen molar-refractivity contribution < 1.29 is 22.7 Å². The Balaban J connectivity index is 2.45. The van der Waals surface area contributed by atoms with Crippen LogP contribution in [0.2, 0.25) is 0 Å². The van der Waals surface area contributed by atoms with Gasteiger partial charge in [-0.2, -0.15) is 0 Å². The summed E-state index contributed by atoms with van der Waals surface area (Å²) >= 11 is 3.35. The molecule has 0 heterocycles. The van der Waals surface area contributed by atoms with Gasteiger partial charge in [-0.15, -0.1) is 0 Å². The van der Waals surface area contributed by atoms with E-state index in [4.69, 9.17) is 4.74 Å². The Labute approximate surface area is 216 Å². The van der Waals surface area contributed by atoms with Crippen molar-refractivity contribution in [3.8, 4) is 5.75 Å². The van der Waals surface area contributed by atoms with Crippen molar-refractivity contribution in [2.24, 2.45) is 0 Å². The van der Waals surface area contributed by atoms with Crippen LogP contribution in [-0.2, 0) is 26.2 Å². The second-order valence-electron chi connectivity index (χ2n) is 8.36. The van der Waals surface area contributed by atoms with Crippen LogP contribution in [-0.4, -0.2) is 57.1 Å². The van der Waals surface area contributed by atoms with Crippen LogP contribution in [0.4, 0.5) is 5.69 Å². The predicted octanol–water partition coefficient (Wildman–Crippen LogP) is 3.95. The molecule has 192 valence electrons. The van der Waals surface area contributed by atoms with Crippen molar-refractivity contribution in [2.75, 3.05) is 24.2 Å². The molecule has 0 spiro atoms. The number of hydrogen-bond donors (Lipinski definition) is 1. The summed E-state index contributed by atoms with van der Waals surface area (Å²) < 4.78 is 32.3. The zero-order valence-corrected chi connectivity index (χ0v) is 23.2. The number of halogens is 1. The first-order valence-corrected chi connectivity index (χ1v) is 14.1. The van der Waals surface area contributed by atoms with Crippen LogP contribution in [0.1, 0.15) is 39.2 Å². The maximum absolute atomic E-state index is 13.7. The van der Waals surface area contributed by atoms with Crippen LogP contribution in [0.25, 0.3) is 0 Å². The number of ether oxygens (including phenoxy) is 1. The molecule has 0 radical (unpaired) electrons. The number of nitrogens with zero attached hydrogens (tertiary/aromatic N) is 2. The van der Waals surface area contributed by atoms with Crippen molar-refractivity contribution in [2.45, 2.75) is 52.2 Å². The molecule has 0 aromatic heterocycles. The topological polar surface area (TPSA) is 96.0 Å². The van der Waals surface area contributed by atoms with Crippen LogP contribution >= 0.6 is 15.9 Å². The number of carbonyl (C=O) groups is 2. The van der Waals surface area contributed by atoms with Gasteiger partial charge in [0.25, 0.3) is 0 Å². The van der Waals surface area contributed by atoms with Gasteiger partial charge in [-0.3, -0.25) is 13.9 Å². The smallest absolute Gasteiger partial charge is 0.244 e. The van der Waals surface area contributed by atoms with Crippen molar-refractivity contribution in [3.63, 3.8) is 0 Å². The number of sulfonamides is 1. The summed E-state index contributed by atoms with van der Waals surface area (Å²) in [5.41, 5.74) is 1.12. The van der Waals surface area contributed by atoms with E-state index in [2.05, 4.69) is 21.2 Å². The molecule has 2 atom stereocenters. The third kappa shape index (κ3) is 8.24. The van der Waals surface area contributed by atoms with E-state index in [1.807, 2.05) is 26.8 Å². The van der Waals surface area contributed by atoms with Gasteiger partial charge in [0.15, 0.2) is 0 Å². The first kappa shape index (κ1) is 28.6. The number of amides is 2. The zero-order chi connectivity index (χ0) is 26.2. The average molecular weight is 569 g/mol. The Morgan fingerprint density at radius 1 is 1.09 bits per heavy atom. The molecule has 2 amide bonds. The summed E-state index contributed by atoms with van der Waals surface area (Å²) in [5, 5.41) is 2.95. The summed E-state index contributed by atoms with van der Waals surface area (Å²) in [4.78, 5) is 28.3. The molecule has 0 aliphatic heterocycles. The van der Waals surface area contributed by atoms with Gasteiger partial charge in [0.1, 0.15) is 18.3 Å². The summed E-state index contributed by atoms with van der Waals surface area (Å²) in [6.45, 7) is 5.38. The average Bonchev–Trinajstić information content (AvgIpc) is 2.81. The van der Waals surface area contributed by atoms with E-state index < -0.39 is 28.5 Å². The van der Waals surface area contributed by atoms with E-state index in [0.717, 1.165) is 22.5 Å². The zero-order valence-electron chi connectivity index (χ0n) is 20.8. The molecule has 2 rings (SSSR count). The van der Waals surface area contributed by atoms with Gasteiger partial charge in [-0.05, 0) is 55.7 Å². The molecule has 1 N–H and O–H groups in total. The lowest BCUT2D eigenvalue weighted by molar-refractivity contribution is -0.140. The van der Waals surface area contributed by atoms with E-state index >= 15 is 0 Å². The molecular formula is C25H34BrN3O5S. The molecular weight excluding hydrogens is 534 g/mol. The highest BCUT2D eigenvalue weighted by atomic mass is 79.9. The van der Waals surface area contributed by atoms with Crippen molar-refractivity contribution in [1.82, 2.24) is 10.2 Å². The van der Waals surface area contributed by atoms with Crippen LogP contribution in [0.5, 0.6) is 5.75 Å². The molecule has 2 aromatic rings. The van der Waals surface area contributed by atoms with Gasteiger partial charge in [-0.25, -0.2) is 8.42 Å². The molecule has 0 bridgehead atoms. The van der Waals surface area contributed by atoms with Crippen molar-refractivity contribution in [3.05, 3.63) is 58.6 Å². The summed E-state index contributed by atoms with van der Waals surface area (Å²) in [6, 6.07) is 13.1. The highest BCUT2D eigenvalue weighted by Crippen LogP contribution is 2.23. The van der Waals surface area contributed by atoms with Crippen molar-refractivity contribution >= 4 is 43.5 Å². The number of benzene rings is 2. The summed E-state index contributed by atoms with van der Waals surface area (Å²) in [5.74, 6) is -0.130. The number of methoxy groups -OCH3 is 1. The standard InChI is InChI=1S/C25H34BrN3O5S/c1-6-18(3)27-25(31)23(7-2)28(16-19-10-8-13-22(14-19)34-4)24(30)17-29(35(5,32)33)21-12-9-11-20(26)15-21/h8-15,18,23H,6-7,16-17H2,1-5H3,(H,27,31)/t18-,23+/m0/s1. The second-order valence-corrected chi connectivity index (χ2v) is 11.2. The molecule has 0 saturated carbocycles. The van der Waals surface area contributed by atoms with Crippen LogP contribution in [0.15, 0.2) is 53.0 Å². The fraction of sp³-hybridized carbons (Fsp3) is 0.440. The van der Waals surface area contributed by atoms with Crippen LogP contribution in [0.3, 0.4) is 0 Å². The maximum atomic E-state index is 13.7. The fourth-order valence-corrected chi connectivity index (χ4v) is 4.80. The molecule has 2 aromatic carbocycles. The maximum Gasteiger partial charge on any atom is 0.244 e. The van der Waals surface area contributed by atoms with Crippen LogP contribution < -0.4 is 14.4 Å².